The Balaban J connectivity index is 1.90. The van der Waals surface area contributed by atoms with E-state index in [9.17, 15) is 26.0 Å². The van der Waals surface area contributed by atoms with Crippen molar-refractivity contribution in [1.82, 2.24) is 0 Å². The van der Waals surface area contributed by atoms with E-state index in [1.807, 2.05) is 0 Å². The summed E-state index contributed by atoms with van der Waals surface area (Å²) < 4.78 is 65.7. The summed E-state index contributed by atoms with van der Waals surface area (Å²) in [5.41, 5.74) is -0.943. The molecule has 1 aliphatic heterocycles. The van der Waals surface area contributed by atoms with E-state index < -0.39 is 37.2 Å². The Hall–Kier alpha value is -2.17. The lowest BCUT2D eigenvalue weighted by molar-refractivity contribution is -0.123. The largest absolute Gasteiger partial charge is 0.280 e. The van der Waals surface area contributed by atoms with Crippen molar-refractivity contribution < 1.29 is 26.0 Å². The second-order valence-electron chi connectivity index (χ2n) is 6.94. The minimum absolute atomic E-state index is 0.0550. The maximum absolute atomic E-state index is 13.2. The molecule has 1 aliphatic rings. The molecular weight excluding hydrogens is 431 g/mol. The van der Waals surface area contributed by atoms with Gasteiger partial charge in [0.2, 0.25) is 15.9 Å². The molecule has 2 aromatic carbocycles. The third-order valence-electron chi connectivity index (χ3n) is 4.14. The Labute approximate surface area is 167 Å². The van der Waals surface area contributed by atoms with Crippen LogP contribution in [0.5, 0.6) is 0 Å². The zero-order chi connectivity index (χ0) is 20.9. The minimum atomic E-state index is -4.03. The molecule has 3 rings (SSSR count). The van der Waals surface area contributed by atoms with Crippen LogP contribution in [0.1, 0.15) is 13.8 Å². The summed E-state index contributed by atoms with van der Waals surface area (Å²) in [5, 5.41) is -0.240. The number of benzene rings is 2. The molecule has 0 aromatic heterocycles. The van der Waals surface area contributed by atoms with Crippen LogP contribution in [-0.4, -0.2) is 28.5 Å². The van der Waals surface area contributed by atoms with Crippen molar-refractivity contribution in [1.29, 1.82) is 0 Å². The summed E-state index contributed by atoms with van der Waals surface area (Å²) in [4.78, 5) is 12.2. The second-order valence-corrected chi connectivity index (χ2v) is 10.8. The van der Waals surface area contributed by atoms with Gasteiger partial charge >= 0.3 is 0 Å². The Morgan fingerprint density at radius 2 is 1.75 bits per heavy atom. The average molecular weight is 447 g/mol. The summed E-state index contributed by atoms with van der Waals surface area (Å²) in [5.74, 6) is -1.60. The molecule has 0 saturated carbocycles. The number of anilines is 2. The van der Waals surface area contributed by atoms with Crippen molar-refractivity contribution in [2.24, 2.45) is 5.41 Å². The molecule has 2 aromatic rings. The lowest BCUT2D eigenvalue weighted by Gasteiger charge is -2.17. The zero-order valence-electron chi connectivity index (χ0n) is 14.8. The smallest absolute Gasteiger partial charge is 0.261 e. The number of carbonyl (C=O) groups is 1. The highest BCUT2D eigenvalue weighted by Crippen LogP contribution is 2.36. The van der Waals surface area contributed by atoms with Gasteiger partial charge in [0.1, 0.15) is 5.82 Å². The first kappa shape index (κ1) is 20.6. The summed E-state index contributed by atoms with van der Waals surface area (Å²) in [6.45, 7) is 3.06. The van der Waals surface area contributed by atoms with Gasteiger partial charge in [-0.3, -0.25) is 9.52 Å². The number of carbonyl (C=O) groups excluding carboxylic acids is 1. The molecular formula is C17H16ClFN2O5S2. The monoisotopic (exact) mass is 446 g/mol. The molecule has 7 nitrogen and oxygen atoms in total. The maximum atomic E-state index is 13.2. The first-order valence-corrected chi connectivity index (χ1v) is 11.5. The van der Waals surface area contributed by atoms with Crippen molar-refractivity contribution in [3.63, 3.8) is 0 Å². The summed E-state index contributed by atoms with van der Waals surface area (Å²) in [6, 6.07) is 8.19. The molecule has 11 heteroatoms. The SMILES string of the molecule is CC1(C)CS(=O)(=O)N(c2ccc(S(=O)(=O)Nc3ccc(F)c(Cl)c3)cc2)C1=O. The van der Waals surface area contributed by atoms with Crippen LogP contribution in [0, 0.1) is 11.2 Å². The van der Waals surface area contributed by atoms with E-state index in [1.54, 1.807) is 0 Å². The third kappa shape index (κ3) is 3.71. The van der Waals surface area contributed by atoms with Gasteiger partial charge in [-0.05, 0) is 56.3 Å². The number of sulfonamides is 2. The Bertz CT molecular complexity index is 1160. The maximum Gasteiger partial charge on any atom is 0.261 e. The molecule has 28 heavy (non-hydrogen) atoms. The van der Waals surface area contributed by atoms with Gasteiger partial charge in [0.25, 0.3) is 10.0 Å². The van der Waals surface area contributed by atoms with Gasteiger partial charge in [-0.1, -0.05) is 11.6 Å². The Kier molecular flexibility index (Phi) is 4.93. The molecule has 0 unspecified atom stereocenters. The van der Waals surface area contributed by atoms with Gasteiger partial charge < -0.3 is 0 Å². The van der Waals surface area contributed by atoms with E-state index in [2.05, 4.69) is 4.72 Å². The number of halogens is 2. The molecule has 0 spiro atoms. The average Bonchev–Trinajstić information content (AvgIpc) is 2.74. The summed E-state index contributed by atoms with van der Waals surface area (Å²) in [7, 11) is -7.87. The van der Waals surface area contributed by atoms with Crippen LogP contribution in [0.2, 0.25) is 5.02 Å². The lowest BCUT2D eigenvalue weighted by Crippen LogP contribution is -2.32. The standard InChI is InChI=1S/C17H16ClFN2O5S2/c1-17(2)10-27(23,24)21(16(17)22)12-4-6-13(7-5-12)28(25,26)20-11-3-8-15(19)14(18)9-11/h3-9,20H,10H2,1-2H3. The van der Waals surface area contributed by atoms with E-state index in [0.29, 0.717) is 4.31 Å². The molecule has 1 N–H and O–H groups in total. The van der Waals surface area contributed by atoms with Crippen LogP contribution >= 0.6 is 11.6 Å². The fourth-order valence-corrected chi connectivity index (χ4v) is 6.13. The van der Waals surface area contributed by atoms with Gasteiger partial charge in [0.05, 0.1) is 32.5 Å². The first-order chi connectivity index (χ1) is 12.8. The predicted octanol–water partition coefficient (Wildman–Crippen LogP) is 2.98. The van der Waals surface area contributed by atoms with E-state index in [1.165, 1.54) is 44.2 Å². The van der Waals surface area contributed by atoms with Gasteiger partial charge in [-0.2, -0.15) is 0 Å². The van der Waals surface area contributed by atoms with Crippen molar-refractivity contribution in [3.05, 3.63) is 53.3 Å². The van der Waals surface area contributed by atoms with Gasteiger partial charge in [-0.15, -0.1) is 0 Å². The lowest BCUT2D eigenvalue weighted by atomic mass is 9.95. The van der Waals surface area contributed by atoms with Crippen molar-refractivity contribution >= 4 is 48.9 Å². The zero-order valence-corrected chi connectivity index (χ0v) is 17.2. The predicted molar refractivity (Wildman–Crippen MR) is 104 cm³/mol. The van der Waals surface area contributed by atoms with Crippen LogP contribution in [0.3, 0.4) is 0 Å². The van der Waals surface area contributed by atoms with Gasteiger partial charge in [0, 0.05) is 0 Å². The summed E-state index contributed by atoms with van der Waals surface area (Å²) in [6.07, 6.45) is 0. The van der Waals surface area contributed by atoms with Gasteiger partial charge in [0.15, 0.2) is 0 Å². The Morgan fingerprint density at radius 3 is 2.25 bits per heavy atom. The Morgan fingerprint density at radius 1 is 1.14 bits per heavy atom. The number of rotatable bonds is 4. The molecule has 0 aliphatic carbocycles. The number of nitrogens with one attached hydrogen (secondary N) is 1. The highest BCUT2D eigenvalue weighted by molar-refractivity contribution is 7.94. The quantitative estimate of drug-likeness (QED) is 0.778. The van der Waals surface area contributed by atoms with Crippen LogP contribution in [-0.2, 0) is 24.8 Å². The normalized spacial score (nSPS) is 18.3. The molecule has 1 heterocycles. The highest BCUT2D eigenvalue weighted by Gasteiger charge is 2.49. The molecule has 0 radical (unpaired) electrons. The molecule has 1 saturated heterocycles. The molecule has 0 atom stereocenters. The van der Waals surface area contributed by atoms with E-state index in [4.69, 9.17) is 11.6 Å². The highest BCUT2D eigenvalue weighted by atomic mass is 35.5. The number of amides is 1. The number of hydrogen-bond acceptors (Lipinski definition) is 5. The van der Waals surface area contributed by atoms with Gasteiger partial charge in [-0.25, -0.2) is 25.5 Å². The topological polar surface area (TPSA) is 101 Å². The summed E-state index contributed by atoms with van der Waals surface area (Å²) >= 11 is 5.64. The van der Waals surface area contributed by atoms with Crippen LogP contribution in [0.25, 0.3) is 0 Å². The fourth-order valence-electron chi connectivity index (χ4n) is 2.80. The molecule has 1 amide bonds. The van der Waals surface area contributed by atoms with Crippen molar-refractivity contribution in [3.8, 4) is 0 Å². The minimum Gasteiger partial charge on any atom is -0.280 e. The van der Waals surface area contributed by atoms with E-state index in [0.717, 1.165) is 12.1 Å². The molecule has 0 bridgehead atoms. The van der Waals surface area contributed by atoms with Crippen LogP contribution in [0.15, 0.2) is 47.4 Å². The second kappa shape index (κ2) is 6.71. The molecule has 150 valence electrons. The van der Waals surface area contributed by atoms with Crippen LogP contribution < -0.4 is 9.03 Å². The van der Waals surface area contributed by atoms with E-state index >= 15 is 0 Å². The van der Waals surface area contributed by atoms with Crippen molar-refractivity contribution in [2.75, 3.05) is 14.8 Å². The van der Waals surface area contributed by atoms with Crippen molar-refractivity contribution in [2.45, 2.75) is 18.7 Å². The number of nitrogens with zero attached hydrogens (tertiary/aromatic N) is 1. The van der Waals surface area contributed by atoms with E-state index in [-0.39, 0.29) is 27.0 Å². The molecule has 1 fully saturated rings. The number of hydrogen-bond donors (Lipinski definition) is 1. The first-order valence-electron chi connectivity index (χ1n) is 7.99. The fraction of sp³-hybridized carbons (Fsp3) is 0.235. The third-order valence-corrected chi connectivity index (χ3v) is 7.84. The van der Waals surface area contributed by atoms with Crippen LogP contribution in [0.4, 0.5) is 15.8 Å².